The third-order valence-electron chi connectivity index (χ3n) is 4.79. The Labute approximate surface area is 147 Å². The number of piperidine rings is 1. The molecule has 8 nitrogen and oxygen atoms in total. The van der Waals surface area contributed by atoms with E-state index in [0.29, 0.717) is 32.7 Å². The second-order valence-electron chi connectivity index (χ2n) is 6.71. The van der Waals surface area contributed by atoms with Gasteiger partial charge in [-0.1, -0.05) is 0 Å². The molecule has 0 spiro atoms. The highest BCUT2D eigenvalue weighted by Crippen LogP contribution is 2.19. The van der Waals surface area contributed by atoms with Crippen LogP contribution in [0.5, 0.6) is 0 Å². The average molecular weight is 347 g/mol. The van der Waals surface area contributed by atoms with Crippen molar-refractivity contribution in [1.82, 2.24) is 20.2 Å². The summed E-state index contributed by atoms with van der Waals surface area (Å²) in [6.45, 7) is 4.29. The summed E-state index contributed by atoms with van der Waals surface area (Å²) in [5.41, 5.74) is 6.11. The molecule has 1 aromatic rings. The number of nitrogens with zero attached hydrogens (tertiary/aromatic N) is 3. The highest BCUT2D eigenvalue weighted by atomic mass is 16.5. The van der Waals surface area contributed by atoms with Gasteiger partial charge in [0.2, 0.25) is 5.91 Å². The molecule has 2 fully saturated rings. The lowest BCUT2D eigenvalue weighted by atomic mass is 9.95. The summed E-state index contributed by atoms with van der Waals surface area (Å²) < 4.78 is 5.68. The molecule has 3 heterocycles. The number of carbonyl (C=O) groups is 2. The van der Waals surface area contributed by atoms with E-state index in [9.17, 15) is 9.59 Å². The minimum atomic E-state index is -0.587. The van der Waals surface area contributed by atoms with E-state index < -0.39 is 5.91 Å². The van der Waals surface area contributed by atoms with E-state index >= 15 is 0 Å². The Kier molecular flexibility index (Phi) is 5.93. The van der Waals surface area contributed by atoms with Crippen LogP contribution in [-0.2, 0) is 16.0 Å². The highest BCUT2D eigenvalue weighted by Gasteiger charge is 2.29. The van der Waals surface area contributed by atoms with Crippen LogP contribution in [0.25, 0.3) is 0 Å². The summed E-state index contributed by atoms with van der Waals surface area (Å²) in [4.78, 5) is 34.1. The molecule has 3 rings (SSSR count). The third-order valence-corrected chi connectivity index (χ3v) is 4.79. The Balaban J connectivity index is 1.61. The fourth-order valence-corrected chi connectivity index (χ4v) is 3.41. The van der Waals surface area contributed by atoms with Gasteiger partial charge in [0, 0.05) is 31.1 Å². The lowest BCUT2D eigenvalue weighted by Gasteiger charge is -2.30. The van der Waals surface area contributed by atoms with Gasteiger partial charge < -0.3 is 20.7 Å². The number of ether oxygens (including phenoxy) is 1. The normalized spacial score (nSPS) is 22.4. The van der Waals surface area contributed by atoms with E-state index in [1.165, 1.54) is 6.20 Å². The van der Waals surface area contributed by atoms with Crippen LogP contribution in [0.3, 0.4) is 0 Å². The van der Waals surface area contributed by atoms with Gasteiger partial charge in [0.25, 0.3) is 5.91 Å². The van der Waals surface area contributed by atoms with Gasteiger partial charge >= 0.3 is 0 Å². The smallest absolute Gasteiger partial charge is 0.268 e. The molecule has 1 atom stereocenters. The Hall–Kier alpha value is -2.06. The van der Waals surface area contributed by atoms with E-state index in [2.05, 4.69) is 15.3 Å². The molecule has 0 radical (unpaired) electrons. The number of rotatable bonds is 4. The Morgan fingerprint density at radius 1 is 1.28 bits per heavy atom. The van der Waals surface area contributed by atoms with Crippen molar-refractivity contribution in [3.05, 3.63) is 23.8 Å². The Morgan fingerprint density at radius 3 is 2.76 bits per heavy atom. The SMILES string of the molecule is NC(=O)c1cnc(CC2COCCN(C(=O)C3CCNCC3)C2)cn1. The van der Waals surface area contributed by atoms with Crippen molar-refractivity contribution in [2.24, 2.45) is 17.6 Å². The third kappa shape index (κ3) is 4.73. The first-order valence-corrected chi connectivity index (χ1v) is 8.81. The van der Waals surface area contributed by atoms with Gasteiger partial charge in [0.05, 0.1) is 25.1 Å². The lowest BCUT2D eigenvalue weighted by Crippen LogP contribution is -2.43. The van der Waals surface area contributed by atoms with Crippen LogP contribution in [0.15, 0.2) is 12.4 Å². The van der Waals surface area contributed by atoms with Crippen LogP contribution < -0.4 is 11.1 Å². The molecule has 0 aromatic carbocycles. The second kappa shape index (κ2) is 8.35. The van der Waals surface area contributed by atoms with Gasteiger partial charge in [-0.2, -0.15) is 0 Å². The summed E-state index contributed by atoms with van der Waals surface area (Å²) in [6.07, 6.45) is 5.43. The maximum atomic E-state index is 12.8. The van der Waals surface area contributed by atoms with E-state index in [1.54, 1.807) is 6.20 Å². The molecule has 0 aliphatic carbocycles. The van der Waals surface area contributed by atoms with E-state index in [-0.39, 0.29) is 23.4 Å². The Bertz CT molecular complexity index is 601. The maximum absolute atomic E-state index is 12.8. The molecule has 0 bridgehead atoms. The van der Waals surface area contributed by atoms with Crippen LogP contribution in [0.4, 0.5) is 0 Å². The molecule has 1 unspecified atom stereocenters. The van der Waals surface area contributed by atoms with Crippen molar-refractivity contribution in [2.45, 2.75) is 19.3 Å². The predicted octanol–water partition coefficient (Wildman–Crippen LogP) is -0.407. The van der Waals surface area contributed by atoms with Crippen molar-refractivity contribution >= 4 is 11.8 Å². The average Bonchev–Trinajstić information content (AvgIpc) is 2.88. The number of hydrogen-bond donors (Lipinski definition) is 2. The molecule has 2 saturated heterocycles. The van der Waals surface area contributed by atoms with Crippen molar-refractivity contribution in [2.75, 3.05) is 39.4 Å². The lowest BCUT2D eigenvalue weighted by molar-refractivity contribution is -0.136. The van der Waals surface area contributed by atoms with E-state index in [1.807, 2.05) is 4.90 Å². The summed E-state index contributed by atoms with van der Waals surface area (Å²) in [7, 11) is 0. The molecule has 8 heteroatoms. The molecule has 3 N–H and O–H groups in total. The summed E-state index contributed by atoms with van der Waals surface area (Å²) in [5, 5.41) is 3.30. The van der Waals surface area contributed by atoms with Crippen molar-refractivity contribution in [3.8, 4) is 0 Å². The van der Waals surface area contributed by atoms with Crippen LogP contribution >= 0.6 is 0 Å². The van der Waals surface area contributed by atoms with Crippen molar-refractivity contribution in [1.29, 1.82) is 0 Å². The van der Waals surface area contributed by atoms with Gasteiger partial charge in [-0.05, 0) is 32.4 Å². The van der Waals surface area contributed by atoms with Crippen LogP contribution in [-0.4, -0.2) is 66.1 Å². The Morgan fingerprint density at radius 2 is 2.08 bits per heavy atom. The number of nitrogens with one attached hydrogen (secondary N) is 1. The van der Waals surface area contributed by atoms with Gasteiger partial charge in [0.15, 0.2) is 0 Å². The van der Waals surface area contributed by atoms with Crippen molar-refractivity contribution in [3.63, 3.8) is 0 Å². The molecular weight excluding hydrogens is 322 g/mol. The zero-order valence-corrected chi connectivity index (χ0v) is 14.3. The molecule has 2 aliphatic heterocycles. The monoisotopic (exact) mass is 347 g/mol. The first kappa shape index (κ1) is 17.8. The largest absolute Gasteiger partial charge is 0.379 e. The zero-order valence-electron chi connectivity index (χ0n) is 14.3. The zero-order chi connectivity index (χ0) is 17.6. The molecule has 25 heavy (non-hydrogen) atoms. The minimum Gasteiger partial charge on any atom is -0.379 e. The minimum absolute atomic E-state index is 0.120. The molecule has 2 amide bonds. The maximum Gasteiger partial charge on any atom is 0.268 e. The molecule has 1 aromatic heterocycles. The van der Waals surface area contributed by atoms with Crippen LogP contribution in [0, 0.1) is 11.8 Å². The standard InChI is InChI=1S/C17H25N5O3/c18-16(23)15-9-20-14(8-21-15)7-12-10-22(5-6-25-11-12)17(24)13-1-3-19-4-2-13/h8-9,12-13,19H,1-7,10-11H2,(H2,18,23). The number of carbonyl (C=O) groups excluding carboxylic acids is 2. The molecule has 136 valence electrons. The quantitative estimate of drug-likeness (QED) is 0.766. The van der Waals surface area contributed by atoms with Gasteiger partial charge in [-0.25, -0.2) is 4.98 Å². The summed E-state index contributed by atoms with van der Waals surface area (Å²) in [6, 6.07) is 0. The van der Waals surface area contributed by atoms with Crippen LogP contribution in [0.1, 0.15) is 29.0 Å². The van der Waals surface area contributed by atoms with Crippen molar-refractivity contribution < 1.29 is 14.3 Å². The highest BCUT2D eigenvalue weighted by molar-refractivity contribution is 5.90. The number of nitrogens with two attached hydrogens (primary N) is 1. The topological polar surface area (TPSA) is 110 Å². The summed E-state index contributed by atoms with van der Waals surface area (Å²) >= 11 is 0. The van der Waals surface area contributed by atoms with Gasteiger partial charge in [-0.15, -0.1) is 0 Å². The molecule has 2 aliphatic rings. The number of hydrogen-bond acceptors (Lipinski definition) is 6. The number of amides is 2. The van der Waals surface area contributed by atoms with Gasteiger partial charge in [-0.3, -0.25) is 14.6 Å². The fraction of sp³-hybridized carbons (Fsp3) is 0.647. The first-order chi connectivity index (χ1) is 12.1. The fourth-order valence-electron chi connectivity index (χ4n) is 3.41. The first-order valence-electron chi connectivity index (χ1n) is 8.81. The van der Waals surface area contributed by atoms with Gasteiger partial charge in [0.1, 0.15) is 5.69 Å². The summed E-state index contributed by atoms with van der Waals surface area (Å²) in [5.74, 6) is -0.0562. The second-order valence-corrected chi connectivity index (χ2v) is 6.71. The molecular formula is C17H25N5O3. The van der Waals surface area contributed by atoms with E-state index in [0.717, 1.165) is 31.6 Å². The van der Waals surface area contributed by atoms with E-state index in [4.69, 9.17) is 10.5 Å². The molecule has 0 saturated carbocycles. The number of primary amides is 1. The number of aromatic nitrogens is 2. The van der Waals surface area contributed by atoms with Crippen LogP contribution in [0.2, 0.25) is 0 Å². The predicted molar refractivity (Wildman–Crippen MR) is 90.7 cm³/mol.